The van der Waals surface area contributed by atoms with Gasteiger partial charge in [-0.05, 0) is 6.42 Å². The molecule has 0 heterocycles. The predicted octanol–water partition coefficient (Wildman–Crippen LogP) is 1.17. The zero-order chi connectivity index (χ0) is 6.83. The monoisotopic (exact) mass is 118 g/mol. The molecule has 48 valence electrons. The highest BCUT2D eigenvalue weighted by Gasteiger charge is 1.53. The van der Waals surface area contributed by atoms with Crippen LogP contribution in [-0.4, -0.2) is 16.7 Å². The molecule has 0 rings (SSSR count). The highest BCUT2D eigenvalue weighted by molar-refractivity contribution is 5.32. The van der Waals surface area contributed by atoms with Crippen molar-refractivity contribution >= 4 is 6.47 Å². The molecule has 0 aliphatic heterocycles. The first kappa shape index (κ1) is 10.1. The van der Waals surface area contributed by atoms with Gasteiger partial charge < -0.3 is 10.2 Å². The Morgan fingerprint density at radius 3 is 1.88 bits per heavy atom. The molecular weight excluding hydrogens is 108 g/mol. The molecule has 0 aliphatic carbocycles. The zero-order valence-electron chi connectivity index (χ0n) is 4.74. The van der Waals surface area contributed by atoms with Crippen molar-refractivity contribution < 1.29 is 15.0 Å². The normalized spacial score (nSPS) is 7.62. The van der Waals surface area contributed by atoms with Gasteiger partial charge in [0.15, 0.2) is 0 Å². The zero-order valence-corrected chi connectivity index (χ0v) is 4.74. The fourth-order valence-electron chi connectivity index (χ4n) is 0.105. The minimum atomic E-state index is -0.250. The summed E-state index contributed by atoms with van der Waals surface area (Å²) in [5, 5.41) is 14.8. The van der Waals surface area contributed by atoms with Gasteiger partial charge in [0, 0.05) is 0 Å². The van der Waals surface area contributed by atoms with Gasteiger partial charge in [0.25, 0.3) is 6.47 Å². The Morgan fingerprint density at radius 2 is 1.88 bits per heavy atom. The van der Waals surface area contributed by atoms with Crippen molar-refractivity contribution in [2.24, 2.45) is 0 Å². The van der Waals surface area contributed by atoms with E-state index in [-0.39, 0.29) is 6.47 Å². The summed E-state index contributed by atoms with van der Waals surface area (Å²) in [6.45, 7) is 1.72. The molecule has 0 radical (unpaired) electrons. The summed E-state index contributed by atoms with van der Waals surface area (Å²) in [6.07, 6.45) is 3.65. The van der Waals surface area contributed by atoms with Crippen LogP contribution >= 0.6 is 0 Å². The molecule has 0 aromatic rings. The fraction of sp³-hybridized carbons (Fsp3) is 0.400. The van der Waals surface area contributed by atoms with Crippen LogP contribution < -0.4 is 0 Å². The Bertz CT molecular complexity index is 58.7. The molecule has 8 heavy (non-hydrogen) atoms. The second kappa shape index (κ2) is 16.7. The summed E-state index contributed by atoms with van der Waals surface area (Å²) >= 11 is 0. The van der Waals surface area contributed by atoms with Crippen molar-refractivity contribution in [1.82, 2.24) is 0 Å². The Morgan fingerprint density at radius 1 is 1.50 bits per heavy atom. The van der Waals surface area contributed by atoms with E-state index in [4.69, 9.17) is 15.0 Å². The van der Waals surface area contributed by atoms with Crippen LogP contribution in [0.1, 0.15) is 13.3 Å². The third-order valence-corrected chi connectivity index (χ3v) is 0.341. The van der Waals surface area contributed by atoms with Gasteiger partial charge in [0.05, 0.1) is 6.26 Å². The second-order valence-electron chi connectivity index (χ2n) is 0.898. The van der Waals surface area contributed by atoms with Gasteiger partial charge in [-0.25, -0.2) is 0 Å². The van der Waals surface area contributed by atoms with Crippen LogP contribution in [0.3, 0.4) is 0 Å². The van der Waals surface area contributed by atoms with Crippen molar-refractivity contribution in [2.45, 2.75) is 13.3 Å². The standard InChI is InChI=1S/C4H8O.CH2O2/c1-2-3-4-5;2-1-3/h3-5H,2H2,1H3;1H,(H,2,3). The SMILES string of the molecule is CCC=CO.O=CO. The number of hydrogen-bond acceptors (Lipinski definition) is 2. The molecule has 0 bridgehead atoms. The highest BCUT2D eigenvalue weighted by atomic mass is 16.3. The Labute approximate surface area is 48.3 Å². The molecule has 0 aliphatic rings. The van der Waals surface area contributed by atoms with Crippen molar-refractivity contribution in [1.29, 1.82) is 0 Å². The topological polar surface area (TPSA) is 57.5 Å². The lowest BCUT2D eigenvalue weighted by Crippen LogP contribution is -1.49. The summed E-state index contributed by atoms with van der Waals surface area (Å²) in [4.78, 5) is 8.36. The number of aliphatic hydroxyl groups excluding tert-OH is 1. The van der Waals surface area contributed by atoms with Crippen LogP contribution in [0.25, 0.3) is 0 Å². The van der Waals surface area contributed by atoms with Gasteiger partial charge in [0.2, 0.25) is 0 Å². The Hall–Kier alpha value is -0.990. The lowest BCUT2D eigenvalue weighted by molar-refractivity contribution is -0.122. The van der Waals surface area contributed by atoms with Gasteiger partial charge in [0.1, 0.15) is 0 Å². The minimum Gasteiger partial charge on any atom is -0.516 e. The lowest BCUT2D eigenvalue weighted by Gasteiger charge is -1.65. The highest BCUT2D eigenvalue weighted by Crippen LogP contribution is 1.71. The molecular formula is C5H10O3. The summed E-state index contributed by atoms with van der Waals surface area (Å²) in [7, 11) is 0. The number of hydrogen-bond donors (Lipinski definition) is 2. The van der Waals surface area contributed by atoms with E-state index in [0.717, 1.165) is 12.7 Å². The molecule has 0 unspecified atom stereocenters. The minimum absolute atomic E-state index is 0.250. The van der Waals surface area contributed by atoms with Crippen molar-refractivity contribution in [3.05, 3.63) is 12.3 Å². The van der Waals surface area contributed by atoms with E-state index < -0.39 is 0 Å². The van der Waals surface area contributed by atoms with Crippen molar-refractivity contribution in [3.8, 4) is 0 Å². The molecule has 0 aromatic heterocycles. The van der Waals surface area contributed by atoms with E-state index in [1.165, 1.54) is 0 Å². The average molecular weight is 118 g/mol. The molecule has 3 nitrogen and oxygen atoms in total. The maximum absolute atomic E-state index is 8.36. The molecule has 0 saturated heterocycles. The lowest BCUT2D eigenvalue weighted by atomic mass is 10.5. The van der Waals surface area contributed by atoms with Crippen molar-refractivity contribution in [2.75, 3.05) is 0 Å². The van der Waals surface area contributed by atoms with E-state index >= 15 is 0 Å². The quantitative estimate of drug-likeness (QED) is 0.401. The average Bonchev–Trinajstić information content (AvgIpc) is 1.71. The van der Waals surface area contributed by atoms with E-state index in [1.807, 2.05) is 6.92 Å². The van der Waals surface area contributed by atoms with Gasteiger partial charge in [-0.2, -0.15) is 0 Å². The molecule has 0 atom stereocenters. The summed E-state index contributed by atoms with van der Waals surface area (Å²) < 4.78 is 0. The first-order chi connectivity index (χ1) is 3.83. The van der Waals surface area contributed by atoms with Gasteiger partial charge in [-0.15, -0.1) is 0 Å². The largest absolute Gasteiger partial charge is 0.516 e. The van der Waals surface area contributed by atoms with E-state index in [9.17, 15) is 0 Å². The van der Waals surface area contributed by atoms with Gasteiger partial charge in [-0.1, -0.05) is 13.0 Å². The molecule has 2 N–H and O–H groups in total. The number of carbonyl (C=O) groups is 1. The van der Waals surface area contributed by atoms with Crippen LogP contribution in [-0.2, 0) is 4.79 Å². The summed E-state index contributed by atoms with van der Waals surface area (Å²) in [5.74, 6) is 0. The van der Waals surface area contributed by atoms with Crippen molar-refractivity contribution in [3.63, 3.8) is 0 Å². The molecule has 0 amide bonds. The number of aliphatic hydroxyl groups is 1. The van der Waals surface area contributed by atoms with Crippen LogP contribution in [0, 0.1) is 0 Å². The van der Waals surface area contributed by atoms with Gasteiger partial charge >= 0.3 is 0 Å². The first-order valence-electron chi connectivity index (χ1n) is 2.20. The van der Waals surface area contributed by atoms with E-state index in [0.29, 0.717) is 0 Å². The van der Waals surface area contributed by atoms with E-state index in [2.05, 4.69) is 0 Å². The molecule has 0 fully saturated rings. The maximum Gasteiger partial charge on any atom is 0.290 e. The molecule has 3 heteroatoms. The van der Waals surface area contributed by atoms with Crippen LogP contribution in [0.15, 0.2) is 12.3 Å². The maximum atomic E-state index is 8.36. The summed E-state index contributed by atoms with van der Waals surface area (Å²) in [6, 6.07) is 0. The number of allylic oxidation sites excluding steroid dienone is 1. The molecule has 0 spiro atoms. The van der Waals surface area contributed by atoms with Crippen LogP contribution in [0.2, 0.25) is 0 Å². The predicted molar refractivity (Wildman–Crippen MR) is 30.8 cm³/mol. The third-order valence-electron chi connectivity index (χ3n) is 0.341. The van der Waals surface area contributed by atoms with E-state index in [1.54, 1.807) is 6.08 Å². The third kappa shape index (κ3) is 79.0. The van der Waals surface area contributed by atoms with Crippen LogP contribution in [0.5, 0.6) is 0 Å². The molecule has 0 aromatic carbocycles. The first-order valence-corrected chi connectivity index (χ1v) is 2.20. The second-order valence-corrected chi connectivity index (χ2v) is 0.898. The van der Waals surface area contributed by atoms with Crippen LogP contribution in [0.4, 0.5) is 0 Å². The molecule has 0 saturated carbocycles. The fourth-order valence-corrected chi connectivity index (χ4v) is 0.105. The Kier molecular flexibility index (Phi) is 21.0. The number of carboxylic acid groups (broad SMARTS) is 1. The number of rotatable bonds is 1. The summed E-state index contributed by atoms with van der Waals surface area (Å²) in [5.41, 5.74) is 0. The van der Waals surface area contributed by atoms with Gasteiger partial charge in [-0.3, -0.25) is 4.79 Å². The smallest absolute Gasteiger partial charge is 0.290 e. The Balaban J connectivity index is 0.